The topological polar surface area (TPSA) is 0 Å². The molecular weight excluding hydrogens is 295 g/mol. The quantitative estimate of drug-likeness (QED) is 0.470. The van der Waals surface area contributed by atoms with E-state index in [0.717, 1.165) is 0 Å². The van der Waals surface area contributed by atoms with Crippen LogP contribution in [0.25, 0.3) is 0 Å². The first-order valence-electron chi connectivity index (χ1n) is 4.86. The molecule has 0 nitrogen and oxygen atoms in total. The van der Waals surface area contributed by atoms with E-state index in [-0.39, 0.29) is 38.7 Å². The summed E-state index contributed by atoms with van der Waals surface area (Å²) in [5, 5.41) is 0. The molecule has 0 aliphatic carbocycles. The summed E-state index contributed by atoms with van der Waals surface area (Å²) in [6.45, 7) is 13.6. The first kappa shape index (κ1) is 16.4. The van der Waals surface area contributed by atoms with Gasteiger partial charge in [-0.3, -0.25) is 0 Å². The standard InChI is InChI=1S/C4H6.2C3H9Si.Sn/c1-3-4-2;2*1-4(2)3;/h3-4H,1-2H2;2*1-3H3;. The molecule has 0 spiro atoms. The number of allylic oxidation sites excluding steroid dienone is 2. The van der Waals surface area contributed by atoms with E-state index in [2.05, 4.69) is 51.4 Å². The fourth-order valence-electron chi connectivity index (χ4n) is 0.417. The van der Waals surface area contributed by atoms with Crippen LogP contribution in [0.4, 0.5) is 0 Å². The monoisotopic (exact) mass is 320 g/mol. The summed E-state index contributed by atoms with van der Waals surface area (Å²) < 4.78 is 2.98. The Bertz CT molecular complexity index is 94.0. The Kier molecular flexibility index (Phi) is 16.4. The molecule has 0 saturated carbocycles. The van der Waals surface area contributed by atoms with Gasteiger partial charge in [-0.05, 0) is 0 Å². The molecular formula is C10H24Si2Sn. The molecule has 0 bridgehead atoms. The Labute approximate surface area is 98.6 Å². The largest absolute Gasteiger partial charge is 0.0715 e. The summed E-state index contributed by atoms with van der Waals surface area (Å²) in [5.41, 5.74) is 0. The molecule has 76 valence electrons. The van der Waals surface area contributed by atoms with Crippen molar-refractivity contribution in [2.75, 3.05) is 0 Å². The van der Waals surface area contributed by atoms with Crippen LogP contribution in [-0.2, 0) is 0 Å². The average molecular weight is 319 g/mol. The van der Waals surface area contributed by atoms with Crippen LogP contribution in [0.2, 0.25) is 48.2 Å². The molecule has 1 heterocycles. The predicted molar refractivity (Wildman–Crippen MR) is 71.2 cm³/mol. The van der Waals surface area contributed by atoms with Gasteiger partial charge in [-0.25, -0.2) is 0 Å². The Morgan fingerprint density at radius 3 is 1.08 bits per heavy atom. The van der Waals surface area contributed by atoms with E-state index < -0.39 is 0 Å². The molecule has 0 N–H and O–H groups in total. The molecule has 4 radical (unpaired) electrons. The first-order valence-corrected chi connectivity index (χ1v) is 14.9. The third-order valence-corrected chi connectivity index (χ3v) is 3.68. The summed E-state index contributed by atoms with van der Waals surface area (Å²) in [6, 6.07) is 0. The Hall–Kier alpha value is 0.972. The zero-order valence-electron chi connectivity index (χ0n) is 10.1. The van der Waals surface area contributed by atoms with Crippen LogP contribution >= 0.6 is 0 Å². The van der Waals surface area contributed by atoms with Gasteiger partial charge in [0.1, 0.15) is 0 Å². The minimum atomic E-state index is 0.120. The van der Waals surface area contributed by atoms with Crippen molar-refractivity contribution in [1.82, 2.24) is 0 Å². The maximum absolute atomic E-state index is 2.31. The van der Waals surface area contributed by atoms with E-state index in [1.165, 1.54) is 8.87 Å². The van der Waals surface area contributed by atoms with Crippen LogP contribution in [0.1, 0.15) is 0 Å². The van der Waals surface area contributed by atoms with Gasteiger partial charge in [-0.2, -0.15) is 0 Å². The fraction of sp³-hybridized carbons (Fsp3) is 0.800. The molecule has 3 heteroatoms. The van der Waals surface area contributed by atoms with Gasteiger partial charge in [0.15, 0.2) is 0 Å². The minimum absolute atomic E-state index is 0.120. The second-order valence-corrected chi connectivity index (χ2v) is 13.9. The zero-order chi connectivity index (χ0) is 10.7. The van der Waals surface area contributed by atoms with E-state index in [4.69, 9.17) is 0 Å². The summed E-state index contributed by atoms with van der Waals surface area (Å²) in [5.74, 6) is 0. The molecule has 0 fully saturated rings. The molecule has 13 heavy (non-hydrogen) atoms. The maximum atomic E-state index is 2.31. The van der Waals surface area contributed by atoms with Crippen LogP contribution in [-0.4, -0.2) is 38.7 Å². The molecule has 0 unspecified atom stereocenters. The van der Waals surface area contributed by atoms with E-state index in [1.807, 2.05) is 0 Å². The third kappa shape index (κ3) is 43.8. The van der Waals surface area contributed by atoms with Gasteiger partial charge in [0.05, 0.1) is 0 Å². The molecule has 0 amide bonds. The SMILES string of the molecule is C1=C[CH2][Sn][CH2]1.C[Si](C)C.C[Si](C)C. The minimum Gasteiger partial charge on any atom is -0.0715 e. The Morgan fingerprint density at radius 2 is 1.00 bits per heavy atom. The second kappa shape index (κ2) is 13.0. The zero-order valence-corrected chi connectivity index (χ0v) is 14.9. The molecule has 0 atom stereocenters. The van der Waals surface area contributed by atoms with E-state index in [1.54, 1.807) is 0 Å². The normalized spacial score (nSPS) is 13.5. The summed E-state index contributed by atoms with van der Waals surface area (Å²) >= 11 is 0.218. The summed E-state index contributed by atoms with van der Waals surface area (Å²) in [7, 11) is 0.241. The fourth-order valence-corrected chi connectivity index (χ4v) is 2.80. The number of hydrogen-bond acceptors (Lipinski definition) is 0. The molecule has 0 saturated heterocycles. The van der Waals surface area contributed by atoms with Crippen molar-refractivity contribution in [2.24, 2.45) is 0 Å². The van der Waals surface area contributed by atoms with Gasteiger partial charge in [-0.1, -0.05) is 39.3 Å². The van der Waals surface area contributed by atoms with Gasteiger partial charge in [0.25, 0.3) is 0 Å². The van der Waals surface area contributed by atoms with Crippen LogP contribution in [0.5, 0.6) is 0 Å². The second-order valence-electron chi connectivity index (χ2n) is 4.13. The maximum Gasteiger partial charge on any atom is 0.0379 e. The van der Waals surface area contributed by atoms with Crippen molar-refractivity contribution in [3.8, 4) is 0 Å². The van der Waals surface area contributed by atoms with Gasteiger partial charge < -0.3 is 0 Å². The van der Waals surface area contributed by atoms with Crippen molar-refractivity contribution < 1.29 is 0 Å². The predicted octanol–water partition coefficient (Wildman–Crippen LogP) is 3.84. The smallest absolute Gasteiger partial charge is 0.0379 e. The average Bonchev–Trinajstić information content (AvgIpc) is 2.35. The van der Waals surface area contributed by atoms with Gasteiger partial charge >= 0.3 is 42.2 Å². The Balaban J connectivity index is 0. The van der Waals surface area contributed by atoms with E-state index in [0.29, 0.717) is 0 Å². The summed E-state index contributed by atoms with van der Waals surface area (Å²) in [4.78, 5) is 0. The van der Waals surface area contributed by atoms with Crippen molar-refractivity contribution in [1.29, 1.82) is 0 Å². The van der Waals surface area contributed by atoms with Crippen molar-refractivity contribution in [3.05, 3.63) is 12.2 Å². The molecule has 0 aromatic heterocycles. The molecule has 0 aromatic carbocycles. The number of rotatable bonds is 0. The van der Waals surface area contributed by atoms with Gasteiger partial charge in [-0.15, -0.1) is 0 Å². The van der Waals surface area contributed by atoms with Crippen LogP contribution in [0, 0.1) is 0 Å². The van der Waals surface area contributed by atoms with Crippen LogP contribution < -0.4 is 0 Å². The molecule has 1 aliphatic heterocycles. The van der Waals surface area contributed by atoms with Crippen LogP contribution in [0.3, 0.4) is 0 Å². The third-order valence-electron chi connectivity index (χ3n) is 0.691. The van der Waals surface area contributed by atoms with Gasteiger partial charge in [0.2, 0.25) is 0 Å². The summed E-state index contributed by atoms with van der Waals surface area (Å²) in [6.07, 6.45) is 4.62. The first-order chi connectivity index (χ1) is 5.96. The van der Waals surface area contributed by atoms with Gasteiger partial charge in [0, 0.05) is 17.6 Å². The number of hydrogen-bond donors (Lipinski definition) is 0. The van der Waals surface area contributed by atoms with Crippen molar-refractivity contribution in [2.45, 2.75) is 48.2 Å². The van der Waals surface area contributed by atoms with Crippen molar-refractivity contribution in [3.63, 3.8) is 0 Å². The Morgan fingerprint density at radius 1 is 0.769 bits per heavy atom. The molecule has 1 aliphatic rings. The molecule has 0 aromatic rings. The van der Waals surface area contributed by atoms with E-state index >= 15 is 0 Å². The van der Waals surface area contributed by atoms with E-state index in [9.17, 15) is 0 Å². The van der Waals surface area contributed by atoms with Crippen molar-refractivity contribution >= 4 is 38.7 Å². The van der Waals surface area contributed by atoms with Crippen LogP contribution in [0.15, 0.2) is 12.2 Å². The molecule has 1 rings (SSSR count).